The highest BCUT2D eigenvalue weighted by Crippen LogP contribution is 2.18. The maximum atomic E-state index is 12.3. The minimum Gasteiger partial charge on any atom is -0.392 e. The summed E-state index contributed by atoms with van der Waals surface area (Å²) in [6.07, 6.45) is 6.23. The maximum absolute atomic E-state index is 12.3. The quantitative estimate of drug-likeness (QED) is 0.589. The summed E-state index contributed by atoms with van der Waals surface area (Å²) in [4.78, 5) is 21.1. The molecule has 0 fully saturated rings. The van der Waals surface area contributed by atoms with Crippen LogP contribution in [0.1, 0.15) is 47.9 Å². The lowest BCUT2D eigenvalue weighted by atomic mass is 10.1. The number of aliphatic hydroxyl groups is 1. The maximum Gasteiger partial charge on any atom is 0.252 e. The predicted molar refractivity (Wildman–Crippen MR) is 109 cm³/mol. The van der Waals surface area contributed by atoms with Crippen LogP contribution < -0.4 is 5.32 Å². The first kappa shape index (κ1) is 19.8. The summed E-state index contributed by atoms with van der Waals surface area (Å²) in [5.41, 5.74) is 3.14. The van der Waals surface area contributed by atoms with Crippen molar-refractivity contribution in [2.24, 2.45) is 0 Å². The third-order valence-electron chi connectivity index (χ3n) is 4.58. The highest BCUT2D eigenvalue weighted by atomic mass is 16.3. The van der Waals surface area contributed by atoms with Gasteiger partial charge < -0.3 is 15.0 Å². The molecular formula is C22H26N4O2. The van der Waals surface area contributed by atoms with Gasteiger partial charge in [0.25, 0.3) is 5.91 Å². The number of aliphatic hydroxyl groups excluding tert-OH is 1. The number of rotatable bonds is 8. The van der Waals surface area contributed by atoms with E-state index in [-0.39, 0.29) is 12.5 Å². The van der Waals surface area contributed by atoms with Gasteiger partial charge in [0, 0.05) is 43.2 Å². The van der Waals surface area contributed by atoms with Crippen molar-refractivity contribution in [1.29, 1.82) is 0 Å². The number of imidazole rings is 1. The van der Waals surface area contributed by atoms with Gasteiger partial charge in [0.1, 0.15) is 5.82 Å². The highest BCUT2D eigenvalue weighted by molar-refractivity contribution is 5.94. The summed E-state index contributed by atoms with van der Waals surface area (Å²) in [7, 11) is 0. The van der Waals surface area contributed by atoms with E-state index in [1.54, 1.807) is 12.3 Å². The molecule has 6 heteroatoms. The Kier molecular flexibility index (Phi) is 6.55. The second-order valence-electron chi connectivity index (χ2n) is 7.03. The monoisotopic (exact) mass is 378 g/mol. The number of hydrogen-bond donors (Lipinski definition) is 2. The van der Waals surface area contributed by atoms with E-state index in [1.807, 2.05) is 42.7 Å². The molecule has 0 aliphatic heterocycles. The summed E-state index contributed by atoms with van der Waals surface area (Å²) in [6, 6.07) is 11.2. The molecule has 0 radical (unpaired) electrons. The molecule has 1 amide bonds. The fourth-order valence-corrected chi connectivity index (χ4v) is 3.04. The highest BCUT2D eigenvalue weighted by Gasteiger charge is 2.09. The first-order chi connectivity index (χ1) is 13.6. The first-order valence-electron chi connectivity index (χ1n) is 9.54. The van der Waals surface area contributed by atoms with Crippen molar-refractivity contribution in [3.8, 4) is 11.3 Å². The Bertz CT molecular complexity index is 899. The fraction of sp³-hybridized carbons (Fsp3) is 0.318. The van der Waals surface area contributed by atoms with E-state index in [2.05, 4.69) is 33.7 Å². The van der Waals surface area contributed by atoms with E-state index in [4.69, 9.17) is 5.11 Å². The van der Waals surface area contributed by atoms with E-state index >= 15 is 0 Å². The van der Waals surface area contributed by atoms with Gasteiger partial charge in [-0.1, -0.05) is 38.1 Å². The average molecular weight is 378 g/mol. The minimum atomic E-state index is -0.121. The Morgan fingerprint density at radius 1 is 1.14 bits per heavy atom. The molecule has 3 rings (SSSR count). The van der Waals surface area contributed by atoms with Crippen LogP contribution in [-0.4, -0.2) is 32.1 Å². The molecule has 0 atom stereocenters. The summed E-state index contributed by atoms with van der Waals surface area (Å²) < 4.78 is 2.13. The lowest BCUT2D eigenvalue weighted by molar-refractivity contribution is 0.0952. The normalized spacial score (nSPS) is 11.0. The summed E-state index contributed by atoms with van der Waals surface area (Å²) in [5.74, 6) is 1.33. The van der Waals surface area contributed by atoms with Gasteiger partial charge in [-0.2, -0.15) is 0 Å². The van der Waals surface area contributed by atoms with Gasteiger partial charge in [-0.15, -0.1) is 0 Å². The molecule has 0 saturated heterocycles. The van der Waals surface area contributed by atoms with Crippen molar-refractivity contribution in [3.63, 3.8) is 0 Å². The van der Waals surface area contributed by atoms with E-state index in [1.165, 1.54) is 0 Å². The number of carbonyl (C=O) groups excluding carboxylic acids is 1. The number of pyridine rings is 1. The Hall–Kier alpha value is -2.99. The largest absolute Gasteiger partial charge is 0.392 e. The van der Waals surface area contributed by atoms with Crippen molar-refractivity contribution in [2.45, 2.75) is 39.3 Å². The Morgan fingerprint density at radius 3 is 2.57 bits per heavy atom. The van der Waals surface area contributed by atoms with Crippen molar-refractivity contribution in [3.05, 3.63) is 71.9 Å². The van der Waals surface area contributed by atoms with E-state index in [9.17, 15) is 4.79 Å². The van der Waals surface area contributed by atoms with Crippen molar-refractivity contribution < 1.29 is 9.90 Å². The van der Waals surface area contributed by atoms with Crippen molar-refractivity contribution >= 4 is 5.91 Å². The van der Waals surface area contributed by atoms with Crippen LogP contribution in [0, 0.1) is 0 Å². The summed E-state index contributed by atoms with van der Waals surface area (Å²) in [6.45, 7) is 5.69. The summed E-state index contributed by atoms with van der Waals surface area (Å²) in [5, 5.41) is 12.1. The van der Waals surface area contributed by atoms with Crippen molar-refractivity contribution in [2.75, 3.05) is 6.54 Å². The average Bonchev–Trinajstić information content (AvgIpc) is 3.20. The molecule has 1 aromatic carbocycles. The third kappa shape index (κ3) is 4.84. The molecule has 146 valence electrons. The lowest BCUT2D eigenvalue weighted by Crippen LogP contribution is -2.25. The van der Waals surface area contributed by atoms with Gasteiger partial charge in [0.2, 0.25) is 0 Å². The van der Waals surface area contributed by atoms with E-state index in [0.29, 0.717) is 18.0 Å². The molecule has 2 N–H and O–H groups in total. The minimum absolute atomic E-state index is 0.0203. The second kappa shape index (κ2) is 9.28. The number of carbonyl (C=O) groups is 1. The van der Waals surface area contributed by atoms with Crippen LogP contribution in [0.3, 0.4) is 0 Å². The standard InChI is InChI=1S/C22H26N4O2/c1-16(2)21-23-11-13-26(21)12-3-10-24-22(28)19-8-9-20(25-14-19)18-6-4-17(15-27)5-7-18/h4-9,11,13-14,16,27H,3,10,12,15H2,1-2H3,(H,24,28). The molecule has 3 aromatic rings. The van der Waals surface area contributed by atoms with Crippen LogP contribution in [0.4, 0.5) is 0 Å². The van der Waals surface area contributed by atoms with Crippen LogP contribution in [-0.2, 0) is 13.2 Å². The zero-order chi connectivity index (χ0) is 19.9. The number of nitrogens with zero attached hydrogens (tertiary/aromatic N) is 3. The number of aryl methyl sites for hydroxylation is 1. The zero-order valence-electron chi connectivity index (χ0n) is 16.3. The lowest BCUT2D eigenvalue weighted by Gasteiger charge is -2.11. The van der Waals surface area contributed by atoms with E-state index < -0.39 is 0 Å². The number of amides is 1. The molecule has 0 saturated carbocycles. The number of benzene rings is 1. The molecular weight excluding hydrogens is 352 g/mol. The van der Waals surface area contributed by atoms with Crippen molar-refractivity contribution in [1.82, 2.24) is 19.9 Å². The SMILES string of the molecule is CC(C)c1nccn1CCCNC(=O)c1ccc(-c2ccc(CO)cc2)nc1. The van der Waals surface area contributed by atoms with Crippen LogP contribution in [0.25, 0.3) is 11.3 Å². The third-order valence-corrected chi connectivity index (χ3v) is 4.58. The predicted octanol–water partition coefficient (Wildman–Crippen LogP) is 3.38. The second-order valence-corrected chi connectivity index (χ2v) is 7.03. The van der Waals surface area contributed by atoms with Crippen LogP contribution >= 0.6 is 0 Å². The summed E-state index contributed by atoms with van der Waals surface area (Å²) >= 11 is 0. The molecule has 28 heavy (non-hydrogen) atoms. The molecule has 0 unspecified atom stereocenters. The van der Waals surface area contributed by atoms with Gasteiger partial charge in [0.05, 0.1) is 17.9 Å². The smallest absolute Gasteiger partial charge is 0.252 e. The van der Waals surface area contributed by atoms with Gasteiger partial charge >= 0.3 is 0 Å². The molecule has 2 aromatic heterocycles. The molecule has 0 bridgehead atoms. The van der Waals surface area contributed by atoms with Gasteiger partial charge in [0.15, 0.2) is 0 Å². The van der Waals surface area contributed by atoms with E-state index in [0.717, 1.165) is 35.6 Å². The number of nitrogens with one attached hydrogen (secondary N) is 1. The van der Waals surface area contributed by atoms with Gasteiger partial charge in [-0.05, 0) is 24.1 Å². The topological polar surface area (TPSA) is 80.0 Å². The van der Waals surface area contributed by atoms with Crippen LogP contribution in [0.15, 0.2) is 55.0 Å². The number of hydrogen-bond acceptors (Lipinski definition) is 4. The Labute approximate surface area is 165 Å². The molecule has 2 heterocycles. The Morgan fingerprint density at radius 2 is 1.93 bits per heavy atom. The molecule has 0 spiro atoms. The molecule has 6 nitrogen and oxygen atoms in total. The number of aromatic nitrogens is 3. The zero-order valence-corrected chi connectivity index (χ0v) is 16.3. The van der Waals surface area contributed by atoms with Crippen LogP contribution in [0.2, 0.25) is 0 Å². The van der Waals surface area contributed by atoms with Gasteiger partial charge in [-0.25, -0.2) is 4.98 Å². The molecule has 0 aliphatic carbocycles. The van der Waals surface area contributed by atoms with Crippen LogP contribution in [0.5, 0.6) is 0 Å². The fourth-order valence-electron chi connectivity index (χ4n) is 3.04. The Balaban J connectivity index is 1.51. The van der Waals surface area contributed by atoms with Gasteiger partial charge in [-0.3, -0.25) is 9.78 Å². The molecule has 0 aliphatic rings. The first-order valence-corrected chi connectivity index (χ1v) is 9.54.